The van der Waals surface area contributed by atoms with Crippen LogP contribution in [0.3, 0.4) is 0 Å². The molecule has 0 radical (unpaired) electrons. The monoisotopic (exact) mass is 339 g/mol. The van der Waals surface area contributed by atoms with Crippen LogP contribution < -0.4 is 5.32 Å². The summed E-state index contributed by atoms with van der Waals surface area (Å²) in [5.41, 5.74) is 0.948. The van der Waals surface area contributed by atoms with Crippen molar-refractivity contribution in [2.45, 2.75) is 25.8 Å². The van der Waals surface area contributed by atoms with Gasteiger partial charge in [-0.25, -0.2) is 0 Å². The van der Waals surface area contributed by atoms with Gasteiger partial charge in [0, 0.05) is 25.2 Å². The Bertz CT molecular complexity index is 769. The highest BCUT2D eigenvalue weighted by Gasteiger charge is 2.37. The third-order valence-corrected chi connectivity index (χ3v) is 4.83. The Hall–Kier alpha value is -2.70. The summed E-state index contributed by atoms with van der Waals surface area (Å²) in [4.78, 5) is 26.3. The van der Waals surface area contributed by atoms with E-state index in [-0.39, 0.29) is 17.7 Å². The topological polar surface area (TPSA) is 80.1 Å². The van der Waals surface area contributed by atoms with E-state index >= 15 is 0 Å². The van der Waals surface area contributed by atoms with Gasteiger partial charge in [0.2, 0.25) is 11.8 Å². The summed E-state index contributed by atoms with van der Waals surface area (Å²) < 4.78 is 1.85. The number of para-hydroxylation sites is 1. The zero-order valence-electron chi connectivity index (χ0n) is 14.0. The molecule has 1 aromatic carbocycles. The van der Waals surface area contributed by atoms with E-state index in [0.29, 0.717) is 31.3 Å². The maximum absolute atomic E-state index is 12.4. The third-order valence-electron chi connectivity index (χ3n) is 4.83. The van der Waals surface area contributed by atoms with Crippen LogP contribution in [0.5, 0.6) is 0 Å². The van der Waals surface area contributed by atoms with E-state index in [1.807, 2.05) is 39.8 Å². The van der Waals surface area contributed by atoms with Crippen LogP contribution in [0, 0.1) is 11.8 Å². The van der Waals surface area contributed by atoms with Crippen molar-refractivity contribution in [3.05, 3.63) is 42.5 Å². The fraction of sp³-hybridized carbons (Fsp3) is 0.444. The Labute approximate surface area is 146 Å². The van der Waals surface area contributed by atoms with Crippen LogP contribution in [-0.4, -0.2) is 44.6 Å². The van der Waals surface area contributed by atoms with E-state index in [9.17, 15) is 9.59 Å². The van der Waals surface area contributed by atoms with Crippen molar-refractivity contribution in [2.24, 2.45) is 11.8 Å². The quantitative estimate of drug-likeness (QED) is 0.856. The molecule has 1 aliphatic carbocycles. The summed E-state index contributed by atoms with van der Waals surface area (Å²) in [5.74, 6) is 1.06. The van der Waals surface area contributed by atoms with Gasteiger partial charge in [0.05, 0.1) is 12.5 Å². The predicted molar refractivity (Wildman–Crippen MR) is 90.6 cm³/mol. The zero-order valence-corrected chi connectivity index (χ0v) is 14.0. The number of hydrogen-bond acceptors (Lipinski definition) is 4. The van der Waals surface area contributed by atoms with Gasteiger partial charge < -0.3 is 10.2 Å². The van der Waals surface area contributed by atoms with Crippen molar-refractivity contribution in [3.8, 4) is 5.69 Å². The highest BCUT2D eigenvalue weighted by atomic mass is 16.2. The summed E-state index contributed by atoms with van der Waals surface area (Å²) in [6, 6.07) is 9.74. The molecule has 2 fully saturated rings. The van der Waals surface area contributed by atoms with Crippen LogP contribution in [0.15, 0.2) is 36.7 Å². The first kappa shape index (κ1) is 15.8. The molecule has 7 nitrogen and oxygen atoms in total. The summed E-state index contributed by atoms with van der Waals surface area (Å²) in [6.45, 7) is 1.64. The molecule has 7 heteroatoms. The van der Waals surface area contributed by atoms with Crippen LogP contribution in [0.25, 0.3) is 5.69 Å². The molecule has 2 amide bonds. The van der Waals surface area contributed by atoms with Gasteiger partial charge in [-0.2, -0.15) is 0 Å². The molecule has 2 aliphatic rings. The van der Waals surface area contributed by atoms with E-state index in [4.69, 9.17) is 0 Å². The molecule has 0 unspecified atom stereocenters. The second kappa shape index (κ2) is 6.66. The molecule has 0 bridgehead atoms. The molecular formula is C18H21N5O2. The van der Waals surface area contributed by atoms with E-state index in [0.717, 1.165) is 12.2 Å². The molecule has 1 saturated carbocycles. The summed E-state index contributed by atoms with van der Waals surface area (Å²) in [6.07, 6.45) is 4.35. The highest BCUT2D eigenvalue weighted by Crippen LogP contribution is 2.32. The van der Waals surface area contributed by atoms with Crippen LogP contribution in [0.4, 0.5) is 0 Å². The summed E-state index contributed by atoms with van der Waals surface area (Å²) >= 11 is 0. The predicted octanol–water partition coefficient (Wildman–Crippen LogP) is 1.14. The van der Waals surface area contributed by atoms with Crippen LogP contribution >= 0.6 is 0 Å². The molecule has 2 aromatic rings. The van der Waals surface area contributed by atoms with Gasteiger partial charge >= 0.3 is 0 Å². The lowest BCUT2D eigenvalue weighted by atomic mass is 10.1. The normalized spacial score (nSPS) is 20.1. The lowest BCUT2D eigenvalue weighted by Crippen LogP contribution is -2.33. The maximum atomic E-state index is 12.4. The first-order chi connectivity index (χ1) is 12.2. The van der Waals surface area contributed by atoms with Crippen molar-refractivity contribution >= 4 is 11.8 Å². The molecule has 1 aliphatic heterocycles. The first-order valence-corrected chi connectivity index (χ1v) is 8.70. The Morgan fingerprint density at radius 1 is 1.24 bits per heavy atom. The minimum atomic E-state index is -0.264. The van der Waals surface area contributed by atoms with Gasteiger partial charge in [-0.05, 0) is 30.9 Å². The maximum Gasteiger partial charge on any atom is 0.225 e. The Morgan fingerprint density at radius 2 is 2.04 bits per heavy atom. The van der Waals surface area contributed by atoms with Gasteiger partial charge in [0.1, 0.15) is 6.33 Å². The largest absolute Gasteiger partial charge is 0.348 e. The third kappa shape index (κ3) is 3.55. The van der Waals surface area contributed by atoms with Crippen molar-refractivity contribution in [2.75, 3.05) is 13.1 Å². The van der Waals surface area contributed by atoms with Crippen molar-refractivity contribution in [3.63, 3.8) is 0 Å². The number of nitrogens with one attached hydrogen (secondary N) is 1. The second-order valence-corrected chi connectivity index (χ2v) is 6.81. The van der Waals surface area contributed by atoms with Gasteiger partial charge in [-0.3, -0.25) is 14.2 Å². The number of amides is 2. The van der Waals surface area contributed by atoms with Crippen LogP contribution in [0.2, 0.25) is 0 Å². The lowest BCUT2D eigenvalue weighted by molar-refractivity contribution is -0.129. The smallest absolute Gasteiger partial charge is 0.225 e. The van der Waals surface area contributed by atoms with Gasteiger partial charge in [-0.1, -0.05) is 18.2 Å². The van der Waals surface area contributed by atoms with Crippen molar-refractivity contribution < 1.29 is 9.59 Å². The van der Waals surface area contributed by atoms with Crippen LogP contribution in [0.1, 0.15) is 25.1 Å². The van der Waals surface area contributed by atoms with Gasteiger partial charge in [0.15, 0.2) is 5.82 Å². The number of carbonyl (C=O) groups excluding carboxylic acids is 2. The molecule has 25 heavy (non-hydrogen) atoms. The summed E-state index contributed by atoms with van der Waals surface area (Å²) in [5, 5.41) is 10.9. The Morgan fingerprint density at radius 3 is 2.80 bits per heavy atom. The minimum Gasteiger partial charge on any atom is -0.348 e. The number of benzene rings is 1. The second-order valence-electron chi connectivity index (χ2n) is 6.81. The number of nitrogens with zero attached hydrogens (tertiary/aromatic N) is 4. The molecule has 130 valence electrons. The average Bonchev–Trinajstić information content (AvgIpc) is 3.19. The number of rotatable bonds is 6. The molecule has 2 heterocycles. The first-order valence-electron chi connectivity index (χ1n) is 8.70. The molecule has 1 saturated heterocycles. The average molecular weight is 339 g/mol. The molecule has 1 aromatic heterocycles. The summed E-state index contributed by atoms with van der Waals surface area (Å²) in [7, 11) is 0. The Kier molecular flexibility index (Phi) is 4.21. The van der Waals surface area contributed by atoms with E-state index in [2.05, 4.69) is 15.5 Å². The zero-order chi connectivity index (χ0) is 17.2. The van der Waals surface area contributed by atoms with E-state index in [1.165, 1.54) is 12.8 Å². The van der Waals surface area contributed by atoms with E-state index < -0.39 is 0 Å². The molecule has 0 spiro atoms. The number of carbonyl (C=O) groups is 2. The van der Waals surface area contributed by atoms with Crippen LogP contribution in [-0.2, 0) is 16.1 Å². The standard InChI is InChI=1S/C18H21N5O2/c24-17-8-14(11-22(17)10-13-6-7-13)18(25)19-9-16-21-20-12-23(16)15-4-2-1-3-5-15/h1-5,12-14H,6-11H2,(H,19,25)/t14-/m0/s1. The molecule has 4 rings (SSSR count). The molecule has 1 N–H and O–H groups in total. The van der Waals surface area contributed by atoms with Crippen molar-refractivity contribution in [1.82, 2.24) is 25.0 Å². The highest BCUT2D eigenvalue weighted by molar-refractivity contribution is 5.89. The Balaban J connectivity index is 1.35. The SMILES string of the molecule is O=C(NCc1nncn1-c1ccccc1)[C@H]1CC(=O)N(CC2CC2)C1. The number of hydrogen-bond donors (Lipinski definition) is 1. The fourth-order valence-corrected chi connectivity index (χ4v) is 3.23. The minimum absolute atomic E-state index is 0.0886. The number of aromatic nitrogens is 3. The number of likely N-dealkylation sites (tertiary alicyclic amines) is 1. The van der Waals surface area contributed by atoms with Gasteiger partial charge in [-0.15, -0.1) is 10.2 Å². The fourth-order valence-electron chi connectivity index (χ4n) is 3.23. The van der Waals surface area contributed by atoms with Crippen molar-refractivity contribution in [1.29, 1.82) is 0 Å². The molecular weight excluding hydrogens is 318 g/mol. The molecule has 1 atom stereocenters. The van der Waals surface area contributed by atoms with E-state index in [1.54, 1.807) is 6.33 Å². The lowest BCUT2D eigenvalue weighted by Gasteiger charge is -2.16. The van der Waals surface area contributed by atoms with Gasteiger partial charge in [0.25, 0.3) is 0 Å².